The molecule has 0 aliphatic carbocycles. The van der Waals surface area contributed by atoms with Gasteiger partial charge in [-0.05, 0) is 29.3 Å². The summed E-state index contributed by atoms with van der Waals surface area (Å²) in [5.74, 6) is 0. The van der Waals surface area contributed by atoms with E-state index in [1.165, 1.54) is 5.56 Å². The molecule has 94 valence electrons. The summed E-state index contributed by atoms with van der Waals surface area (Å²) in [6.45, 7) is 0. The van der Waals surface area contributed by atoms with Crippen LogP contribution in [-0.2, 0) is 4.57 Å². The van der Waals surface area contributed by atoms with Gasteiger partial charge in [-0.15, -0.1) is 0 Å². The second-order valence-corrected chi connectivity index (χ2v) is 6.43. The lowest BCUT2D eigenvalue weighted by molar-refractivity contribution is 0.598. The first-order valence-electron chi connectivity index (χ1n) is 6.61. The van der Waals surface area contributed by atoms with Crippen molar-refractivity contribution in [1.29, 1.82) is 0 Å². The Morgan fingerprint density at radius 3 is 2.10 bits per heavy atom. The van der Waals surface area contributed by atoms with Crippen molar-refractivity contribution in [2.24, 2.45) is 0 Å². The molecule has 0 saturated carbocycles. The van der Waals surface area contributed by atoms with E-state index in [1.807, 2.05) is 48.5 Å². The van der Waals surface area contributed by atoms with Gasteiger partial charge in [-0.2, -0.15) is 0 Å². The minimum atomic E-state index is -1.45. The van der Waals surface area contributed by atoms with Gasteiger partial charge in [0.1, 0.15) is 0 Å². The van der Waals surface area contributed by atoms with Crippen molar-refractivity contribution in [3.8, 4) is 22.3 Å². The highest BCUT2D eigenvalue weighted by Crippen LogP contribution is 2.42. The predicted octanol–water partition coefficient (Wildman–Crippen LogP) is 4.11. The molecular formula is C18H12OP+. The largest absolute Gasteiger partial charge is 0.416 e. The van der Waals surface area contributed by atoms with Crippen molar-refractivity contribution in [1.82, 2.24) is 0 Å². The highest BCUT2D eigenvalue weighted by Gasteiger charge is 2.39. The van der Waals surface area contributed by atoms with Crippen molar-refractivity contribution >= 4 is 18.4 Å². The minimum absolute atomic E-state index is 0.959. The molecule has 4 rings (SSSR count). The molecule has 0 saturated heterocycles. The number of hydrogen-bond acceptors (Lipinski definition) is 1. The normalized spacial score (nSPS) is 13.9. The third-order valence-corrected chi connectivity index (χ3v) is 5.38. The summed E-state index contributed by atoms with van der Waals surface area (Å²) >= 11 is 0. The molecule has 0 aromatic heterocycles. The van der Waals surface area contributed by atoms with Crippen molar-refractivity contribution in [2.45, 2.75) is 0 Å². The van der Waals surface area contributed by atoms with Crippen LogP contribution in [0.3, 0.4) is 0 Å². The zero-order valence-electron chi connectivity index (χ0n) is 10.8. The third-order valence-electron chi connectivity index (χ3n) is 3.74. The molecule has 2 heteroatoms. The monoisotopic (exact) mass is 275 g/mol. The lowest BCUT2D eigenvalue weighted by Crippen LogP contribution is -1.98. The SMILES string of the molecule is O=[P+]1c2ccccc2-c2c(-c3ccccc3)cccc21. The van der Waals surface area contributed by atoms with Crippen molar-refractivity contribution in [3.63, 3.8) is 0 Å². The minimum Gasteiger partial charge on any atom is -0.0622 e. The number of rotatable bonds is 1. The van der Waals surface area contributed by atoms with Crippen LogP contribution >= 0.6 is 7.80 Å². The molecule has 3 aromatic rings. The molecule has 1 aliphatic rings. The molecule has 1 unspecified atom stereocenters. The van der Waals surface area contributed by atoms with Crippen molar-refractivity contribution in [3.05, 3.63) is 72.8 Å². The van der Waals surface area contributed by atoms with E-state index in [0.29, 0.717) is 0 Å². The first kappa shape index (κ1) is 11.6. The van der Waals surface area contributed by atoms with E-state index < -0.39 is 7.80 Å². The van der Waals surface area contributed by atoms with Crippen LogP contribution in [0.5, 0.6) is 0 Å². The lowest BCUT2D eigenvalue weighted by Gasteiger charge is -2.06. The van der Waals surface area contributed by atoms with Crippen LogP contribution in [0.15, 0.2) is 72.8 Å². The second-order valence-electron chi connectivity index (χ2n) is 4.88. The Hall–Kier alpha value is -2.24. The van der Waals surface area contributed by atoms with Crippen LogP contribution in [-0.4, -0.2) is 0 Å². The highest BCUT2D eigenvalue weighted by molar-refractivity contribution is 7.63. The number of benzene rings is 3. The Labute approximate surface area is 118 Å². The molecule has 1 aliphatic heterocycles. The van der Waals surface area contributed by atoms with Gasteiger partial charge in [-0.1, -0.05) is 59.2 Å². The Morgan fingerprint density at radius 1 is 0.600 bits per heavy atom. The fourth-order valence-corrected chi connectivity index (χ4v) is 4.39. The molecule has 20 heavy (non-hydrogen) atoms. The standard InChI is InChI=1S/C18H12OP/c19-20-16-11-5-4-9-15(16)18-14(10-6-12-17(18)20)13-7-2-1-3-8-13/h1-12H/q+1. The number of fused-ring (bicyclic) bond motifs is 3. The van der Waals surface area contributed by atoms with Crippen molar-refractivity contribution < 1.29 is 4.57 Å². The predicted molar refractivity (Wildman–Crippen MR) is 84.2 cm³/mol. The Morgan fingerprint density at radius 2 is 1.25 bits per heavy atom. The van der Waals surface area contributed by atoms with Gasteiger partial charge in [0.2, 0.25) is 10.6 Å². The van der Waals surface area contributed by atoms with Gasteiger partial charge in [0, 0.05) is 11.1 Å². The van der Waals surface area contributed by atoms with Crippen LogP contribution in [0.25, 0.3) is 22.3 Å². The Kier molecular flexibility index (Phi) is 2.55. The molecule has 0 amide bonds. The number of hydrogen-bond donors (Lipinski definition) is 0. The summed E-state index contributed by atoms with van der Waals surface area (Å²) in [5, 5.41) is 1.92. The summed E-state index contributed by atoms with van der Waals surface area (Å²) in [4.78, 5) is 0. The van der Waals surface area contributed by atoms with E-state index in [0.717, 1.165) is 27.3 Å². The summed E-state index contributed by atoms with van der Waals surface area (Å²) in [6.07, 6.45) is 0. The quantitative estimate of drug-likeness (QED) is 0.478. The average Bonchev–Trinajstić information content (AvgIpc) is 2.82. The summed E-state index contributed by atoms with van der Waals surface area (Å²) < 4.78 is 12.6. The molecule has 1 nitrogen and oxygen atoms in total. The fourth-order valence-electron chi connectivity index (χ4n) is 2.84. The molecule has 0 fully saturated rings. The van der Waals surface area contributed by atoms with Gasteiger partial charge in [0.15, 0.2) is 0 Å². The zero-order chi connectivity index (χ0) is 13.5. The topological polar surface area (TPSA) is 17.1 Å². The van der Waals surface area contributed by atoms with E-state index in [9.17, 15) is 4.57 Å². The lowest BCUT2D eigenvalue weighted by atomic mass is 9.95. The smallest absolute Gasteiger partial charge is 0.0622 e. The van der Waals surface area contributed by atoms with Gasteiger partial charge in [0.25, 0.3) is 0 Å². The van der Waals surface area contributed by atoms with E-state index in [-0.39, 0.29) is 0 Å². The van der Waals surface area contributed by atoms with E-state index >= 15 is 0 Å². The van der Waals surface area contributed by atoms with Crippen molar-refractivity contribution in [2.75, 3.05) is 0 Å². The molecular weight excluding hydrogens is 263 g/mol. The van der Waals surface area contributed by atoms with Crippen LogP contribution in [0.1, 0.15) is 0 Å². The summed E-state index contributed by atoms with van der Waals surface area (Å²) in [7, 11) is -1.45. The maximum Gasteiger partial charge on any atom is 0.416 e. The maximum atomic E-state index is 12.6. The summed E-state index contributed by atoms with van der Waals surface area (Å²) in [6, 6.07) is 24.4. The molecule has 3 aromatic carbocycles. The van der Waals surface area contributed by atoms with Gasteiger partial charge in [-0.3, -0.25) is 0 Å². The molecule has 0 spiro atoms. The fraction of sp³-hybridized carbons (Fsp3) is 0. The van der Waals surface area contributed by atoms with E-state index in [2.05, 4.69) is 24.3 Å². The van der Waals surface area contributed by atoms with Gasteiger partial charge in [-0.25, -0.2) is 0 Å². The van der Waals surface area contributed by atoms with Gasteiger partial charge in [0.05, 0.1) is 0 Å². The molecule has 0 N–H and O–H groups in total. The first-order chi connectivity index (χ1) is 9.86. The van der Waals surface area contributed by atoms with E-state index in [4.69, 9.17) is 0 Å². The first-order valence-corrected chi connectivity index (χ1v) is 7.87. The van der Waals surface area contributed by atoms with Gasteiger partial charge >= 0.3 is 7.80 Å². The maximum absolute atomic E-state index is 12.6. The van der Waals surface area contributed by atoms with Crippen LogP contribution in [0.4, 0.5) is 0 Å². The zero-order valence-corrected chi connectivity index (χ0v) is 11.7. The third kappa shape index (κ3) is 1.57. The molecule has 0 bridgehead atoms. The van der Waals surface area contributed by atoms with Crippen LogP contribution < -0.4 is 10.6 Å². The van der Waals surface area contributed by atoms with Crippen LogP contribution in [0.2, 0.25) is 0 Å². The van der Waals surface area contributed by atoms with Crippen LogP contribution in [0, 0.1) is 0 Å². The second kappa shape index (κ2) is 4.40. The molecule has 0 radical (unpaired) electrons. The summed E-state index contributed by atoms with van der Waals surface area (Å²) in [5.41, 5.74) is 4.58. The Balaban J connectivity index is 2.07. The Bertz CT molecular complexity index is 822. The van der Waals surface area contributed by atoms with E-state index in [1.54, 1.807) is 0 Å². The van der Waals surface area contributed by atoms with Gasteiger partial charge < -0.3 is 0 Å². The molecule has 1 atom stereocenters. The molecule has 1 heterocycles. The highest BCUT2D eigenvalue weighted by atomic mass is 31.1. The average molecular weight is 275 g/mol.